The Morgan fingerprint density at radius 1 is 0.931 bits per heavy atom. The van der Waals surface area contributed by atoms with Gasteiger partial charge in [0, 0.05) is 43.7 Å². The molecule has 2 aromatic carbocycles. The monoisotopic (exact) mass is 391 g/mol. The summed E-state index contributed by atoms with van der Waals surface area (Å²) in [5, 5.41) is 0. The second-order valence-electron chi connectivity index (χ2n) is 8.38. The van der Waals surface area contributed by atoms with Crippen molar-refractivity contribution in [2.75, 3.05) is 26.2 Å². The minimum absolute atomic E-state index is 0.0165. The third kappa shape index (κ3) is 4.20. The first-order chi connectivity index (χ1) is 14.0. The molecule has 29 heavy (non-hydrogen) atoms. The lowest BCUT2D eigenvalue weighted by Gasteiger charge is -2.34. The van der Waals surface area contributed by atoms with Crippen molar-refractivity contribution in [1.82, 2.24) is 9.80 Å². The first-order valence-corrected chi connectivity index (χ1v) is 10.5. The van der Waals surface area contributed by atoms with Crippen LogP contribution in [0.15, 0.2) is 54.6 Å². The number of rotatable bonds is 3. The van der Waals surface area contributed by atoms with Crippen LogP contribution in [0.1, 0.15) is 40.2 Å². The van der Waals surface area contributed by atoms with Gasteiger partial charge in [-0.25, -0.2) is 0 Å². The zero-order valence-electron chi connectivity index (χ0n) is 17.0. The standard InChI is InChI=1S/C24H29N3O2/c1-17-9-11-19(12-10-17)23(28)26-13-5-8-20(14-26)24(29)27-15-21(22(25)16-27)18-6-3-2-4-7-18/h2-4,6-7,9-12,20-22H,5,8,13-16,25H2,1H3/t20?,21-,22+/m0/s1. The lowest BCUT2D eigenvalue weighted by Crippen LogP contribution is -2.46. The Morgan fingerprint density at radius 2 is 1.66 bits per heavy atom. The molecule has 1 unspecified atom stereocenters. The highest BCUT2D eigenvalue weighted by Gasteiger charge is 2.38. The smallest absolute Gasteiger partial charge is 0.253 e. The van der Waals surface area contributed by atoms with Gasteiger partial charge >= 0.3 is 0 Å². The Labute approximate surface area is 172 Å². The van der Waals surface area contributed by atoms with Crippen LogP contribution < -0.4 is 5.73 Å². The quantitative estimate of drug-likeness (QED) is 0.875. The van der Waals surface area contributed by atoms with E-state index >= 15 is 0 Å². The minimum Gasteiger partial charge on any atom is -0.340 e. The number of carbonyl (C=O) groups excluding carboxylic acids is 2. The molecule has 2 aliphatic heterocycles. The third-order valence-electron chi connectivity index (χ3n) is 6.26. The number of benzene rings is 2. The number of hydrogen-bond acceptors (Lipinski definition) is 3. The van der Waals surface area contributed by atoms with E-state index in [-0.39, 0.29) is 29.7 Å². The second kappa shape index (κ2) is 8.37. The van der Waals surface area contributed by atoms with Gasteiger partial charge in [0.1, 0.15) is 0 Å². The molecule has 2 N–H and O–H groups in total. The molecule has 152 valence electrons. The number of hydrogen-bond donors (Lipinski definition) is 1. The molecular weight excluding hydrogens is 362 g/mol. The highest BCUT2D eigenvalue weighted by atomic mass is 16.2. The Hall–Kier alpha value is -2.66. The highest BCUT2D eigenvalue weighted by molar-refractivity contribution is 5.94. The summed E-state index contributed by atoms with van der Waals surface area (Å²) in [6.07, 6.45) is 1.69. The molecule has 0 bridgehead atoms. The van der Waals surface area contributed by atoms with Gasteiger partial charge in [-0.15, -0.1) is 0 Å². The Morgan fingerprint density at radius 3 is 2.38 bits per heavy atom. The molecule has 4 rings (SSSR count). The first kappa shape index (κ1) is 19.6. The van der Waals surface area contributed by atoms with Crippen molar-refractivity contribution in [2.45, 2.75) is 31.7 Å². The maximum Gasteiger partial charge on any atom is 0.253 e. The van der Waals surface area contributed by atoms with E-state index in [1.165, 1.54) is 5.56 Å². The SMILES string of the molecule is Cc1ccc(C(=O)N2CCCC(C(=O)N3C[C@@H](N)[C@H](c4ccccc4)C3)C2)cc1. The number of nitrogens with two attached hydrogens (primary N) is 1. The van der Waals surface area contributed by atoms with Crippen LogP contribution in [0.4, 0.5) is 0 Å². The molecule has 5 heteroatoms. The van der Waals surface area contributed by atoms with Gasteiger partial charge in [-0.1, -0.05) is 48.0 Å². The summed E-state index contributed by atoms with van der Waals surface area (Å²) < 4.78 is 0. The summed E-state index contributed by atoms with van der Waals surface area (Å²) in [5.74, 6) is 0.192. The molecule has 2 aromatic rings. The number of piperidine rings is 1. The van der Waals surface area contributed by atoms with Gasteiger partial charge in [-0.3, -0.25) is 9.59 Å². The Bertz CT molecular complexity index is 865. The van der Waals surface area contributed by atoms with Crippen LogP contribution in [0, 0.1) is 12.8 Å². The van der Waals surface area contributed by atoms with Gasteiger partial charge < -0.3 is 15.5 Å². The molecule has 2 saturated heterocycles. The van der Waals surface area contributed by atoms with Gasteiger partial charge in [0.25, 0.3) is 5.91 Å². The number of nitrogens with zero attached hydrogens (tertiary/aromatic N) is 2. The van der Waals surface area contributed by atoms with E-state index in [0.29, 0.717) is 31.7 Å². The fourth-order valence-electron chi connectivity index (χ4n) is 4.56. The van der Waals surface area contributed by atoms with E-state index < -0.39 is 0 Å². The molecule has 3 atom stereocenters. The van der Waals surface area contributed by atoms with Crippen LogP contribution >= 0.6 is 0 Å². The number of likely N-dealkylation sites (tertiary alicyclic amines) is 2. The van der Waals surface area contributed by atoms with Gasteiger partial charge in [0.15, 0.2) is 0 Å². The van der Waals surface area contributed by atoms with Crippen molar-refractivity contribution in [3.63, 3.8) is 0 Å². The predicted octanol–water partition coefficient (Wildman–Crippen LogP) is 2.80. The van der Waals surface area contributed by atoms with Gasteiger partial charge in [0.05, 0.1) is 5.92 Å². The molecule has 5 nitrogen and oxygen atoms in total. The lowest BCUT2D eigenvalue weighted by atomic mass is 9.95. The summed E-state index contributed by atoms with van der Waals surface area (Å²) in [6.45, 7) is 4.45. The summed E-state index contributed by atoms with van der Waals surface area (Å²) in [6, 6.07) is 17.8. The van der Waals surface area contributed by atoms with Crippen LogP contribution in [0.5, 0.6) is 0 Å². The topological polar surface area (TPSA) is 66.6 Å². The molecule has 2 heterocycles. The van der Waals surface area contributed by atoms with Crippen LogP contribution in [-0.4, -0.2) is 53.8 Å². The molecule has 0 radical (unpaired) electrons. The third-order valence-corrected chi connectivity index (χ3v) is 6.26. The van der Waals surface area contributed by atoms with E-state index in [1.807, 2.05) is 59.2 Å². The van der Waals surface area contributed by atoms with E-state index in [2.05, 4.69) is 12.1 Å². The fraction of sp³-hybridized carbons (Fsp3) is 0.417. The van der Waals surface area contributed by atoms with Crippen molar-refractivity contribution in [1.29, 1.82) is 0 Å². The maximum absolute atomic E-state index is 13.2. The average molecular weight is 392 g/mol. The van der Waals surface area contributed by atoms with Gasteiger partial charge in [-0.2, -0.15) is 0 Å². The Kier molecular flexibility index (Phi) is 5.67. The Balaban J connectivity index is 1.41. The summed E-state index contributed by atoms with van der Waals surface area (Å²) in [5.41, 5.74) is 9.39. The van der Waals surface area contributed by atoms with E-state index in [1.54, 1.807) is 0 Å². The van der Waals surface area contributed by atoms with Crippen LogP contribution in [0.25, 0.3) is 0 Å². The van der Waals surface area contributed by atoms with Crippen LogP contribution in [0.2, 0.25) is 0 Å². The minimum atomic E-state index is -0.139. The van der Waals surface area contributed by atoms with Gasteiger partial charge in [-0.05, 0) is 37.5 Å². The van der Waals surface area contributed by atoms with E-state index in [4.69, 9.17) is 5.73 Å². The van der Waals surface area contributed by atoms with E-state index in [0.717, 1.165) is 18.4 Å². The van der Waals surface area contributed by atoms with Crippen molar-refractivity contribution in [3.05, 3.63) is 71.3 Å². The summed E-state index contributed by atoms with van der Waals surface area (Å²) >= 11 is 0. The first-order valence-electron chi connectivity index (χ1n) is 10.5. The maximum atomic E-state index is 13.2. The molecule has 0 spiro atoms. The van der Waals surface area contributed by atoms with Crippen molar-refractivity contribution in [3.8, 4) is 0 Å². The second-order valence-corrected chi connectivity index (χ2v) is 8.38. The lowest BCUT2D eigenvalue weighted by molar-refractivity contribution is -0.135. The number of amides is 2. The summed E-state index contributed by atoms with van der Waals surface area (Å²) in [7, 11) is 0. The van der Waals surface area contributed by atoms with Gasteiger partial charge in [0.2, 0.25) is 5.91 Å². The molecular formula is C24H29N3O2. The average Bonchev–Trinajstić information content (AvgIpc) is 3.15. The molecule has 0 aromatic heterocycles. The van der Waals surface area contributed by atoms with Crippen LogP contribution in [-0.2, 0) is 4.79 Å². The van der Waals surface area contributed by atoms with E-state index in [9.17, 15) is 9.59 Å². The normalized spacial score (nSPS) is 24.6. The molecule has 2 aliphatic rings. The molecule has 0 saturated carbocycles. The zero-order valence-corrected chi connectivity index (χ0v) is 17.0. The van der Waals surface area contributed by atoms with Crippen molar-refractivity contribution in [2.24, 2.45) is 11.7 Å². The highest BCUT2D eigenvalue weighted by Crippen LogP contribution is 2.29. The van der Waals surface area contributed by atoms with Crippen molar-refractivity contribution >= 4 is 11.8 Å². The summed E-state index contributed by atoms with van der Waals surface area (Å²) in [4.78, 5) is 29.8. The zero-order chi connectivity index (χ0) is 20.4. The van der Waals surface area contributed by atoms with Crippen molar-refractivity contribution < 1.29 is 9.59 Å². The predicted molar refractivity (Wildman–Crippen MR) is 114 cm³/mol. The molecule has 2 amide bonds. The molecule has 0 aliphatic carbocycles. The fourth-order valence-corrected chi connectivity index (χ4v) is 4.56. The number of aryl methyl sites for hydroxylation is 1. The molecule has 2 fully saturated rings. The largest absolute Gasteiger partial charge is 0.340 e. The number of carbonyl (C=O) groups is 2. The van der Waals surface area contributed by atoms with Crippen LogP contribution in [0.3, 0.4) is 0 Å².